The van der Waals surface area contributed by atoms with Gasteiger partial charge in [-0.2, -0.15) is 4.31 Å². The largest absolute Gasteiger partial charge is 0.496 e. The number of phosphoric acid groups is 2. The summed E-state index contributed by atoms with van der Waals surface area (Å²) >= 11 is 0. The van der Waals surface area contributed by atoms with Crippen molar-refractivity contribution in [3.63, 3.8) is 0 Å². The summed E-state index contributed by atoms with van der Waals surface area (Å²) in [7, 11) is -9.94. The molecular formula is C42H43F3N2O16P2. The number of rotatable bonds is 14. The molecule has 4 N–H and O–H groups in total. The number of fused-ring (bicyclic) bond motifs is 7. The summed E-state index contributed by atoms with van der Waals surface area (Å²) < 4.78 is 106. The molecule has 2 aromatic carbocycles. The van der Waals surface area contributed by atoms with Crippen LogP contribution in [0.1, 0.15) is 55.3 Å². The lowest BCUT2D eigenvalue weighted by Gasteiger charge is -2.63. The van der Waals surface area contributed by atoms with Crippen molar-refractivity contribution >= 4 is 50.6 Å². The number of nitrogens with zero attached hydrogens (tertiary/aromatic N) is 1. The van der Waals surface area contributed by atoms with Gasteiger partial charge in [0.1, 0.15) is 24.3 Å². The van der Waals surface area contributed by atoms with Crippen LogP contribution < -0.4 is 15.0 Å². The number of aliphatic hydroxyl groups is 1. The van der Waals surface area contributed by atoms with Crippen LogP contribution in [-0.2, 0) is 51.1 Å². The Hall–Kier alpha value is -4.66. The highest BCUT2D eigenvalue weighted by Gasteiger charge is 2.80. The van der Waals surface area contributed by atoms with E-state index in [1.54, 1.807) is 0 Å². The predicted octanol–water partition coefficient (Wildman–Crippen LogP) is 4.59. The number of hydrogen-bond acceptors (Lipinski definition) is 14. The Morgan fingerprint density at radius 1 is 0.985 bits per heavy atom. The van der Waals surface area contributed by atoms with Crippen LogP contribution in [0.5, 0.6) is 5.75 Å². The number of ketones is 2. The molecule has 3 amide bonds. The van der Waals surface area contributed by atoms with Crippen LogP contribution in [0.4, 0.5) is 18.9 Å². The number of methoxy groups -OCH3 is 1. The molecule has 2 aliphatic heterocycles. The topological polar surface area (TPSA) is 251 Å². The first-order valence-corrected chi connectivity index (χ1v) is 23.3. The first-order chi connectivity index (χ1) is 30.5. The molecule has 348 valence electrons. The zero-order valence-electron chi connectivity index (χ0n) is 34.8. The van der Waals surface area contributed by atoms with E-state index in [-0.39, 0.29) is 34.6 Å². The van der Waals surface area contributed by atoms with Gasteiger partial charge < -0.3 is 34.4 Å². The van der Waals surface area contributed by atoms with Crippen molar-refractivity contribution in [1.29, 1.82) is 0 Å². The van der Waals surface area contributed by atoms with Gasteiger partial charge in [-0.15, -0.1) is 0 Å². The van der Waals surface area contributed by atoms with Gasteiger partial charge >= 0.3 is 15.6 Å². The van der Waals surface area contributed by atoms with E-state index in [1.807, 2.05) is 0 Å². The summed E-state index contributed by atoms with van der Waals surface area (Å²) in [5.74, 6) is -6.63. The smallest absolute Gasteiger partial charge is 0.481 e. The lowest BCUT2D eigenvalue weighted by Crippen LogP contribution is -2.70. The highest BCUT2D eigenvalue weighted by molar-refractivity contribution is 7.61. The van der Waals surface area contributed by atoms with Crippen LogP contribution in [0.25, 0.3) is 0 Å². The standard InChI is InChI=1S/C42H43F3N2O16P2/c1-39-12-11-25(48)17-29(39)30(44)18-28-27-19-34-42(40(27,2)20-32(49)41(28,39)45,62-38(61-34)22-5-4-6-23(43)15-22)33(50)21-60-65(56,57)63-64(54,55)59-14-13-46-37(53)26-8-7-24(16-31(26)58-3)47-35(51)9-10-36(47)52/h4-12,15-17,27-28,30,32,34,38,49H,13-14,18-21H2,1-3H3,(H,46,53)(H,54,55)(H,56,57)/t27-,28-,30-,32-,34+,38+,39-,40-,41-,42+/m0/s1. The number of alkyl halides is 2. The normalized spacial score (nSPS) is 35.4. The Morgan fingerprint density at radius 3 is 2.38 bits per heavy atom. The van der Waals surface area contributed by atoms with E-state index in [9.17, 15) is 52.4 Å². The van der Waals surface area contributed by atoms with Crippen LogP contribution in [0, 0.1) is 28.5 Å². The Morgan fingerprint density at radius 2 is 1.69 bits per heavy atom. The van der Waals surface area contributed by atoms with Gasteiger partial charge in [-0.1, -0.05) is 25.1 Å². The van der Waals surface area contributed by atoms with E-state index in [4.69, 9.17) is 23.3 Å². The van der Waals surface area contributed by atoms with Crippen molar-refractivity contribution in [1.82, 2.24) is 5.32 Å². The number of nitrogens with one attached hydrogen (secondary N) is 1. The number of halogens is 3. The molecule has 1 saturated heterocycles. The Labute approximate surface area is 368 Å². The van der Waals surface area contributed by atoms with E-state index < -0.39 is 142 Å². The number of anilines is 1. The van der Waals surface area contributed by atoms with Gasteiger partial charge in [-0.05, 0) is 74.1 Å². The highest BCUT2D eigenvalue weighted by Crippen LogP contribution is 2.73. The number of hydrogen-bond donors (Lipinski definition) is 4. The Kier molecular flexibility index (Phi) is 12.0. The first kappa shape index (κ1) is 46.9. The molecule has 3 saturated carbocycles. The zero-order chi connectivity index (χ0) is 47.1. The molecule has 2 unspecified atom stereocenters. The third-order valence-corrected chi connectivity index (χ3v) is 16.2. The van der Waals surface area contributed by atoms with Crippen LogP contribution in [0.2, 0.25) is 0 Å². The molecule has 0 spiro atoms. The molecule has 23 heteroatoms. The molecular weight excluding hydrogens is 907 g/mol. The quantitative estimate of drug-likeness (QED) is 0.115. The SMILES string of the molecule is COc1cc(N2C(=O)C=CC2=O)ccc1C(=O)NCCOP(=O)(O)OP(=O)(O)OCC(=O)[C@@]12O[C@H](c3cccc(F)c3)O[C@@H]1C[C@H]1[C@@H]3C[C@H](F)C4=CC(=O)C=C[C@]4(C)[C@@]3(F)[C@@H](O)C[C@@]12C. The van der Waals surface area contributed by atoms with Crippen molar-refractivity contribution < 1.29 is 88.7 Å². The number of phosphoric ester groups is 2. The number of ether oxygens (including phenoxy) is 3. The third-order valence-electron chi connectivity index (χ3n) is 13.6. The minimum Gasteiger partial charge on any atom is -0.496 e. The number of amides is 3. The lowest BCUT2D eigenvalue weighted by atomic mass is 9.44. The van der Waals surface area contributed by atoms with E-state index in [2.05, 4.69) is 9.63 Å². The molecule has 8 rings (SSSR count). The van der Waals surface area contributed by atoms with E-state index in [1.165, 1.54) is 57.4 Å². The molecule has 0 radical (unpaired) electrons. The fraction of sp³-hybridized carbons (Fsp3) is 0.452. The second kappa shape index (κ2) is 16.6. The summed E-state index contributed by atoms with van der Waals surface area (Å²) in [6.45, 7) is 0.281. The molecule has 2 heterocycles. The predicted molar refractivity (Wildman–Crippen MR) is 216 cm³/mol. The van der Waals surface area contributed by atoms with Gasteiger partial charge in [-0.3, -0.25) is 33.0 Å². The fourth-order valence-corrected chi connectivity index (χ4v) is 12.8. The number of allylic oxidation sites excluding steroid dienone is 4. The average molecular weight is 951 g/mol. The van der Waals surface area contributed by atoms with Crippen LogP contribution in [0.15, 0.2) is 78.4 Å². The van der Waals surface area contributed by atoms with E-state index in [0.717, 1.165) is 41.3 Å². The van der Waals surface area contributed by atoms with Gasteiger partial charge in [0.25, 0.3) is 17.7 Å². The monoisotopic (exact) mass is 950 g/mol. The molecule has 4 fully saturated rings. The van der Waals surface area contributed by atoms with Crippen molar-refractivity contribution in [2.24, 2.45) is 22.7 Å². The van der Waals surface area contributed by atoms with Crippen molar-refractivity contribution in [2.75, 3.05) is 31.8 Å². The lowest BCUT2D eigenvalue weighted by molar-refractivity contribution is -0.235. The number of imide groups is 1. The van der Waals surface area contributed by atoms with Crippen molar-refractivity contribution in [3.05, 3.63) is 95.4 Å². The number of Topliss-reactive ketones (excluding diaryl/α,β-unsaturated/α-hetero) is 1. The summed E-state index contributed by atoms with van der Waals surface area (Å²) in [5.41, 5.74) is -8.13. The van der Waals surface area contributed by atoms with Crippen LogP contribution in [-0.4, -0.2) is 101 Å². The fourth-order valence-electron chi connectivity index (χ4n) is 10.8. The summed E-state index contributed by atoms with van der Waals surface area (Å²) in [6.07, 6.45) is -2.10. The number of carbonyl (C=O) groups is 5. The number of benzene rings is 2. The summed E-state index contributed by atoms with van der Waals surface area (Å²) in [6, 6.07) is 8.87. The minimum atomic E-state index is -5.69. The summed E-state index contributed by atoms with van der Waals surface area (Å²) in [4.78, 5) is 85.6. The third kappa shape index (κ3) is 7.68. The Bertz CT molecular complexity index is 2560. The van der Waals surface area contributed by atoms with Crippen molar-refractivity contribution in [3.8, 4) is 5.75 Å². The molecule has 18 nitrogen and oxygen atoms in total. The Balaban J connectivity index is 0.957. The maximum atomic E-state index is 17.9. The number of carbonyl (C=O) groups excluding carboxylic acids is 5. The molecule has 6 aliphatic rings. The molecule has 4 aliphatic carbocycles. The van der Waals surface area contributed by atoms with E-state index >= 15 is 8.78 Å². The first-order valence-electron chi connectivity index (χ1n) is 20.3. The second-order valence-corrected chi connectivity index (χ2v) is 20.0. The average Bonchev–Trinajstić information content (AvgIpc) is 3.88. The maximum Gasteiger partial charge on any atom is 0.481 e. The van der Waals surface area contributed by atoms with Gasteiger partial charge in [0.15, 0.2) is 29.1 Å². The molecule has 12 atom stereocenters. The minimum absolute atomic E-state index is 0.0388. The van der Waals surface area contributed by atoms with E-state index in [0.29, 0.717) is 0 Å². The molecule has 0 aromatic heterocycles. The second-order valence-electron chi connectivity index (χ2n) is 17.0. The van der Waals surface area contributed by atoms with Gasteiger partial charge in [0.2, 0.25) is 0 Å². The van der Waals surface area contributed by atoms with Gasteiger partial charge in [-0.25, -0.2) is 27.2 Å². The highest BCUT2D eigenvalue weighted by atomic mass is 31.3. The number of aliphatic hydroxyl groups excluding tert-OH is 1. The van der Waals surface area contributed by atoms with Crippen LogP contribution in [0.3, 0.4) is 0 Å². The molecule has 0 bridgehead atoms. The molecule has 2 aromatic rings. The van der Waals surface area contributed by atoms with Gasteiger partial charge in [0.05, 0.1) is 37.2 Å². The zero-order valence-corrected chi connectivity index (χ0v) is 36.5. The van der Waals surface area contributed by atoms with Crippen molar-refractivity contribution in [2.45, 2.75) is 69.0 Å². The summed E-state index contributed by atoms with van der Waals surface area (Å²) in [5, 5.41) is 14.2. The van der Waals surface area contributed by atoms with Gasteiger partial charge in [0, 0.05) is 47.1 Å². The molecule has 65 heavy (non-hydrogen) atoms. The van der Waals surface area contributed by atoms with Crippen LogP contribution >= 0.6 is 15.6 Å². The maximum absolute atomic E-state index is 17.9.